The Balaban J connectivity index is 2.05. The van der Waals surface area contributed by atoms with Crippen molar-refractivity contribution in [3.63, 3.8) is 0 Å². The Kier molecular flexibility index (Phi) is 3.83. The van der Waals surface area contributed by atoms with Crippen molar-refractivity contribution < 1.29 is 9.47 Å². The molecule has 1 aromatic carbocycles. The van der Waals surface area contributed by atoms with Gasteiger partial charge in [0, 0.05) is 24.8 Å². The van der Waals surface area contributed by atoms with Crippen LogP contribution < -0.4 is 9.64 Å². The number of rotatable bonds is 4. The Morgan fingerprint density at radius 3 is 2.94 bits per heavy atom. The molecule has 0 unspecified atom stereocenters. The monoisotopic (exact) mass is 219 g/mol. The predicted molar refractivity (Wildman–Crippen MR) is 65.2 cm³/mol. The molecule has 1 heterocycles. The van der Waals surface area contributed by atoms with E-state index in [1.807, 2.05) is 12.1 Å². The molecule has 16 heavy (non-hydrogen) atoms. The number of morpholine rings is 1. The smallest absolute Gasteiger partial charge is 0.121 e. The molecular formula is C13H17NO2. The molecule has 0 aliphatic carbocycles. The van der Waals surface area contributed by atoms with E-state index in [0.29, 0.717) is 6.61 Å². The van der Waals surface area contributed by atoms with Crippen molar-refractivity contribution in [1.29, 1.82) is 0 Å². The fourth-order valence-electron chi connectivity index (χ4n) is 1.75. The van der Waals surface area contributed by atoms with E-state index in [2.05, 4.69) is 23.6 Å². The standard InChI is InChI=1S/C13H17NO2/c1-2-8-16-13-5-3-4-12(11-13)14-6-9-15-10-7-14/h2-5,11H,1,6-10H2. The molecule has 0 bridgehead atoms. The van der Waals surface area contributed by atoms with Crippen LogP contribution in [0.15, 0.2) is 36.9 Å². The van der Waals surface area contributed by atoms with Gasteiger partial charge in [0.1, 0.15) is 12.4 Å². The molecule has 1 aliphatic heterocycles. The molecule has 0 amide bonds. The highest BCUT2D eigenvalue weighted by atomic mass is 16.5. The normalized spacial score (nSPS) is 15.9. The maximum atomic E-state index is 5.51. The molecule has 0 radical (unpaired) electrons. The Bertz CT molecular complexity index is 346. The van der Waals surface area contributed by atoms with Crippen LogP contribution in [-0.4, -0.2) is 32.9 Å². The maximum absolute atomic E-state index is 5.51. The minimum Gasteiger partial charge on any atom is -0.489 e. The van der Waals surface area contributed by atoms with Crippen LogP contribution in [0.2, 0.25) is 0 Å². The predicted octanol–water partition coefficient (Wildman–Crippen LogP) is 2.09. The lowest BCUT2D eigenvalue weighted by molar-refractivity contribution is 0.122. The highest BCUT2D eigenvalue weighted by Gasteiger charge is 2.11. The van der Waals surface area contributed by atoms with Crippen molar-refractivity contribution in [2.24, 2.45) is 0 Å². The number of benzene rings is 1. The van der Waals surface area contributed by atoms with E-state index in [4.69, 9.17) is 9.47 Å². The highest BCUT2D eigenvalue weighted by Crippen LogP contribution is 2.21. The summed E-state index contributed by atoms with van der Waals surface area (Å²) in [5.74, 6) is 0.892. The Morgan fingerprint density at radius 1 is 1.38 bits per heavy atom. The molecule has 0 N–H and O–H groups in total. The number of nitrogens with zero attached hydrogens (tertiary/aromatic N) is 1. The van der Waals surface area contributed by atoms with Gasteiger partial charge in [0.25, 0.3) is 0 Å². The Labute approximate surface area is 96.3 Å². The average Bonchev–Trinajstić information content (AvgIpc) is 2.38. The van der Waals surface area contributed by atoms with Gasteiger partial charge in [0.2, 0.25) is 0 Å². The SMILES string of the molecule is C=CCOc1cccc(N2CCOCC2)c1. The van der Waals surface area contributed by atoms with Crippen molar-refractivity contribution >= 4 is 5.69 Å². The van der Waals surface area contributed by atoms with Crippen LogP contribution >= 0.6 is 0 Å². The largest absolute Gasteiger partial charge is 0.489 e. The zero-order chi connectivity index (χ0) is 11.2. The van der Waals surface area contributed by atoms with E-state index in [1.165, 1.54) is 5.69 Å². The van der Waals surface area contributed by atoms with Gasteiger partial charge in [-0.1, -0.05) is 18.7 Å². The van der Waals surface area contributed by atoms with Gasteiger partial charge in [-0.3, -0.25) is 0 Å². The van der Waals surface area contributed by atoms with Crippen LogP contribution in [0.3, 0.4) is 0 Å². The van der Waals surface area contributed by atoms with Crippen LogP contribution in [0.25, 0.3) is 0 Å². The first-order chi connectivity index (χ1) is 7.90. The van der Waals surface area contributed by atoms with E-state index in [-0.39, 0.29) is 0 Å². The van der Waals surface area contributed by atoms with Gasteiger partial charge in [0.15, 0.2) is 0 Å². The second-order valence-electron chi connectivity index (χ2n) is 3.70. The quantitative estimate of drug-likeness (QED) is 0.724. The first-order valence-corrected chi connectivity index (χ1v) is 5.56. The number of anilines is 1. The van der Waals surface area contributed by atoms with Crippen LogP contribution in [0.1, 0.15) is 0 Å². The first kappa shape index (κ1) is 11.0. The van der Waals surface area contributed by atoms with Crippen molar-refractivity contribution in [1.82, 2.24) is 0 Å². The minimum absolute atomic E-state index is 0.548. The summed E-state index contributed by atoms with van der Waals surface area (Å²) in [6.45, 7) is 7.69. The molecular weight excluding hydrogens is 202 g/mol. The summed E-state index contributed by atoms with van der Waals surface area (Å²) in [6.07, 6.45) is 1.75. The van der Waals surface area contributed by atoms with E-state index < -0.39 is 0 Å². The fraction of sp³-hybridized carbons (Fsp3) is 0.385. The molecule has 0 spiro atoms. The summed E-state index contributed by atoms with van der Waals surface area (Å²) >= 11 is 0. The van der Waals surface area contributed by atoms with Crippen molar-refractivity contribution in [2.75, 3.05) is 37.8 Å². The van der Waals surface area contributed by atoms with Gasteiger partial charge in [0.05, 0.1) is 13.2 Å². The summed E-state index contributed by atoms with van der Waals surface area (Å²) in [5.41, 5.74) is 1.20. The van der Waals surface area contributed by atoms with Gasteiger partial charge in [-0.2, -0.15) is 0 Å². The van der Waals surface area contributed by atoms with E-state index in [0.717, 1.165) is 32.1 Å². The molecule has 3 heteroatoms. The second-order valence-corrected chi connectivity index (χ2v) is 3.70. The number of hydrogen-bond donors (Lipinski definition) is 0. The van der Waals surface area contributed by atoms with Crippen LogP contribution in [0.5, 0.6) is 5.75 Å². The molecule has 1 aliphatic rings. The van der Waals surface area contributed by atoms with Crippen LogP contribution in [0, 0.1) is 0 Å². The topological polar surface area (TPSA) is 21.7 Å². The third-order valence-electron chi connectivity index (χ3n) is 2.56. The molecule has 1 aromatic rings. The summed E-state index contributed by atoms with van der Waals surface area (Å²) in [6, 6.07) is 8.15. The molecule has 0 saturated carbocycles. The molecule has 3 nitrogen and oxygen atoms in total. The highest BCUT2D eigenvalue weighted by molar-refractivity contribution is 5.51. The Morgan fingerprint density at radius 2 is 2.19 bits per heavy atom. The zero-order valence-electron chi connectivity index (χ0n) is 9.39. The fourth-order valence-corrected chi connectivity index (χ4v) is 1.75. The Hall–Kier alpha value is -1.48. The molecule has 1 saturated heterocycles. The average molecular weight is 219 g/mol. The van der Waals surface area contributed by atoms with Gasteiger partial charge in [-0.25, -0.2) is 0 Å². The lowest BCUT2D eigenvalue weighted by atomic mass is 10.2. The second kappa shape index (κ2) is 5.56. The first-order valence-electron chi connectivity index (χ1n) is 5.56. The van der Waals surface area contributed by atoms with E-state index >= 15 is 0 Å². The molecule has 86 valence electrons. The van der Waals surface area contributed by atoms with Crippen LogP contribution in [-0.2, 0) is 4.74 Å². The number of hydrogen-bond acceptors (Lipinski definition) is 3. The lowest BCUT2D eigenvalue weighted by Crippen LogP contribution is -2.36. The molecule has 2 rings (SSSR count). The summed E-state index contributed by atoms with van der Waals surface area (Å²) in [7, 11) is 0. The van der Waals surface area contributed by atoms with Crippen molar-refractivity contribution in [3.8, 4) is 5.75 Å². The zero-order valence-corrected chi connectivity index (χ0v) is 9.39. The van der Waals surface area contributed by atoms with E-state index in [1.54, 1.807) is 6.08 Å². The number of ether oxygens (including phenoxy) is 2. The van der Waals surface area contributed by atoms with Gasteiger partial charge in [-0.15, -0.1) is 0 Å². The van der Waals surface area contributed by atoms with Gasteiger partial charge < -0.3 is 14.4 Å². The third kappa shape index (κ3) is 2.76. The van der Waals surface area contributed by atoms with E-state index in [9.17, 15) is 0 Å². The summed E-state index contributed by atoms with van der Waals surface area (Å²) in [4.78, 5) is 2.31. The van der Waals surface area contributed by atoms with Crippen LogP contribution in [0.4, 0.5) is 5.69 Å². The summed E-state index contributed by atoms with van der Waals surface area (Å²) in [5, 5.41) is 0. The molecule has 0 aromatic heterocycles. The van der Waals surface area contributed by atoms with Crippen molar-refractivity contribution in [2.45, 2.75) is 0 Å². The van der Waals surface area contributed by atoms with Gasteiger partial charge >= 0.3 is 0 Å². The summed E-state index contributed by atoms with van der Waals surface area (Å²) < 4.78 is 10.8. The maximum Gasteiger partial charge on any atom is 0.121 e. The minimum atomic E-state index is 0.548. The molecule has 0 atom stereocenters. The van der Waals surface area contributed by atoms with Gasteiger partial charge in [-0.05, 0) is 12.1 Å². The van der Waals surface area contributed by atoms with Crippen molar-refractivity contribution in [3.05, 3.63) is 36.9 Å². The third-order valence-corrected chi connectivity index (χ3v) is 2.56. The molecule has 1 fully saturated rings. The lowest BCUT2D eigenvalue weighted by Gasteiger charge is -2.29.